The van der Waals surface area contributed by atoms with Crippen LogP contribution >= 0.6 is 0 Å². The number of pyridine rings is 1. The topological polar surface area (TPSA) is 119 Å². The summed E-state index contributed by atoms with van der Waals surface area (Å²) in [5, 5.41) is 20.5. The van der Waals surface area contributed by atoms with E-state index in [1.165, 1.54) is 18.3 Å². The lowest BCUT2D eigenvalue weighted by Crippen LogP contribution is -2.54. The normalized spacial score (nSPS) is 25.1. The van der Waals surface area contributed by atoms with Crippen LogP contribution in [0.4, 0.5) is 0 Å². The first-order chi connectivity index (χ1) is 9.45. The van der Waals surface area contributed by atoms with Gasteiger partial charge in [0.1, 0.15) is 0 Å². The Bertz CT molecular complexity index is 597. The Balaban J connectivity index is 2.46. The highest BCUT2D eigenvalue weighted by molar-refractivity contribution is 5.90. The van der Waals surface area contributed by atoms with Gasteiger partial charge in [0.25, 0.3) is 5.54 Å². The van der Waals surface area contributed by atoms with Gasteiger partial charge in [-0.3, -0.25) is 15.1 Å². The molecule has 2 rings (SSSR count). The lowest BCUT2D eigenvalue weighted by atomic mass is 9.81. The van der Waals surface area contributed by atoms with Gasteiger partial charge in [-0.2, -0.15) is 0 Å². The zero-order chi connectivity index (χ0) is 14.8. The number of rotatable bonds is 4. The number of hydrogen-bond acceptors (Lipinski definition) is 5. The van der Waals surface area contributed by atoms with Gasteiger partial charge < -0.3 is 10.8 Å². The number of nitro groups is 1. The van der Waals surface area contributed by atoms with Gasteiger partial charge in [0.05, 0.1) is 18.0 Å². The van der Waals surface area contributed by atoms with Crippen LogP contribution in [0.3, 0.4) is 0 Å². The molecular formula is C13H13N3O4. The fourth-order valence-corrected chi connectivity index (χ4v) is 2.12. The molecule has 0 aromatic carbocycles. The molecule has 0 fully saturated rings. The molecule has 0 spiro atoms. The van der Waals surface area contributed by atoms with Crippen molar-refractivity contribution in [1.29, 1.82) is 0 Å². The summed E-state index contributed by atoms with van der Waals surface area (Å²) in [6, 6.07) is 4.14. The van der Waals surface area contributed by atoms with Gasteiger partial charge >= 0.3 is 5.97 Å². The van der Waals surface area contributed by atoms with E-state index >= 15 is 0 Å². The molecule has 0 unspecified atom stereocenters. The third-order valence-electron chi connectivity index (χ3n) is 3.24. The summed E-state index contributed by atoms with van der Waals surface area (Å²) in [5.74, 6) is -1.22. The van der Waals surface area contributed by atoms with Gasteiger partial charge in [-0.25, -0.2) is 4.79 Å². The van der Waals surface area contributed by atoms with Gasteiger partial charge in [-0.15, -0.1) is 0 Å². The summed E-state index contributed by atoms with van der Waals surface area (Å²) in [5.41, 5.74) is 4.48. The van der Waals surface area contributed by atoms with E-state index in [2.05, 4.69) is 4.98 Å². The molecule has 0 saturated heterocycles. The Hall–Kier alpha value is -2.54. The first kappa shape index (κ1) is 13.9. The quantitative estimate of drug-likeness (QED) is 0.611. The molecule has 7 heteroatoms. The Kier molecular flexibility index (Phi) is 3.62. The van der Waals surface area contributed by atoms with Crippen LogP contribution in [0.15, 0.2) is 48.2 Å². The SMILES string of the molecule is N[C@@H]1C=CC(C(=O)O)=C[C@@]1(Cc1ccccn1)[N+](=O)[O-]. The number of carboxylic acid groups (broad SMARTS) is 1. The first-order valence-electron chi connectivity index (χ1n) is 5.90. The lowest BCUT2D eigenvalue weighted by molar-refractivity contribution is -0.556. The monoisotopic (exact) mass is 275 g/mol. The molecule has 0 radical (unpaired) electrons. The molecule has 7 nitrogen and oxygen atoms in total. The van der Waals surface area contributed by atoms with E-state index in [9.17, 15) is 14.9 Å². The number of carboxylic acids is 1. The van der Waals surface area contributed by atoms with Crippen LogP contribution in [-0.4, -0.2) is 32.6 Å². The van der Waals surface area contributed by atoms with Gasteiger partial charge in [0.15, 0.2) is 0 Å². The fourth-order valence-electron chi connectivity index (χ4n) is 2.12. The molecule has 1 aliphatic carbocycles. The Labute approximate surface area is 114 Å². The van der Waals surface area contributed by atoms with Crippen LogP contribution in [-0.2, 0) is 11.2 Å². The van der Waals surface area contributed by atoms with Crippen LogP contribution in [0.5, 0.6) is 0 Å². The average Bonchev–Trinajstić information content (AvgIpc) is 2.42. The van der Waals surface area contributed by atoms with E-state index in [0.29, 0.717) is 5.69 Å². The van der Waals surface area contributed by atoms with Crippen molar-refractivity contribution in [1.82, 2.24) is 4.98 Å². The van der Waals surface area contributed by atoms with Gasteiger partial charge in [-0.1, -0.05) is 12.1 Å². The van der Waals surface area contributed by atoms with E-state index in [-0.39, 0.29) is 12.0 Å². The molecule has 20 heavy (non-hydrogen) atoms. The molecule has 2 atom stereocenters. The second kappa shape index (κ2) is 5.22. The van der Waals surface area contributed by atoms with E-state index in [0.717, 1.165) is 6.08 Å². The summed E-state index contributed by atoms with van der Waals surface area (Å²) in [6.45, 7) is 0. The predicted molar refractivity (Wildman–Crippen MR) is 70.5 cm³/mol. The molecule has 1 aromatic heterocycles. The third kappa shape index (κ3) is 2.43. The van der Waals surface area contributed by atoms with Crippen molar-refractivity contribution in [2.75, 3.05) is 0 Å². The predicted octanol–water partition coefficient (Wildman–Crippen LogP) is 0.548. The number of aromatic nitrogens is 1. The highest BCUT2D eigenvalue weighted by Crippen LogP contribution is 2.28. The number of nitrogens with two attached hydrogens (primary N) is 1. The van der Waals surface area contributed by atoms with E-state index in [1.807, 2.05) is 0 Å². The maximum Gasteiger partial charge on any atom is 0.335 e. The molecule has 0 aliphatic heterocycles. The van der Waals surface area contributed by atoms with Crippen molar-refractivity contribution in [2.45, 2.75) is 18.0 Å². The van der Waals surface area contributed by atoms with E-state index in [4.69, 9.17) is 10.8 Å². The Morgan fingerprint density at radius 1 is 1.55 bits per heavy atom. The van der Waals surface area contributed by atoms with Gasteiger partial charge in [-0.05, 0) is 18.2 Å². The summed E-state index contributed by atoms with van der Waals surface area (Å²) < 4.78 is 0. The third-order valence-corrected chi connectivity index (χ3v) is 3.24. The van der Waals surface area contributed by atoms with Crippen LogP contribution in [0.1, 0.15) is 5.69 Å². The molecule has 0 saturated carbocycles. The molecule has 1 heterocycles. The van der Waals surface area contributed by atoms with Crippen molar-refractivity contribution in [3.8, 4) is 0 Å². The second-order valence-electron chi connectivity index (χ2n) is 4.54. The molecular weight excluding hydrogens is 262 g/mol. The highest BCUT2D eigenvalue weighted by Gasteiger charge is 2.48. The smallest absolute Gasteiger partial charge is 0.335 e. The average molecular weight is 275 g/mol. The Morgan fingerprint density at radius 2 is 2.30 bits per heavy atom. The molecule has 1 aliphatic rings. The molecule has 3 N–H and O–H groups in total. The zero-order valence-corrected chi connectivity index (χ0v) is 10.5. The maximum absolute atomic E-state index is 11.5. The summed E-state index contributed by atoms with van der Waals surface area (Å²) in [4.78, 5) is 26.0. The number of aliphatic carboxylic acids is 1. The van der Waals surface area contributed by atoms with Crippen LogP contribution in [0.25, 0.3) is 0 Å². The number of nitrogens with zero attached hydrogens (tertiary/aromatic N) is 2. The number of hydrogen-bond donors (Lipinski definition) is 2. The standard InChI is InChI=1S/C13H13N3O4/c14-11-5-4-9(12(17)18)7-13(11,16(19)20)8-10-3-1-2-6-15-10/h1-7,11H,8,14H2,(H,17,18)/t11-,13+/m1/s1. The van der Waals surface area contributed by atoms with Crippen molar-refractivity contribution >= 4 is 5.97 Å². The van der Waals surface area contributed by atoms with Crippen molar-refractivity contribution < 1.29 is 14.8 Å². The van der Waals surface area contributed by atoms with Crippen molar-refractivity contribution in [2.24, 2.45) is 5.73 Å². The Morgan fingerprint density at radius 3 is 2.85 bits per heavy atom. The highest BCUT2D eigenvalue weighted by atomic mass is 16.6. The first-order valence-corrected chi connectivity index (χ1v) is 5.90. The van der Waals surface area contributed by atoms with Crippen LogP contribution < -0.4 is 5.73 Å². The molecule has 104 valence electrons. The van der Waals surface area contributed by atoms with Crippen LogP contribution in [0, 0.1) is 10.1 Å². The van der Waals surface area contributed by atoms with Gasteiger partial charge in [0.2, 0.25) is 0 Å². The molecule has 0 bridgehead atoms. The maximum atomic E-state index is 11.5. The lowest BCUT2D eigenvalue weighted by Gasteiger charge is -2.28. The molecule has 1 aromatic rings. The minimum absolute atomic E-state index is 0.0663. The zero-order valence-electron chi connectivity index (χ0n) is 10.5. The summed E-state index contributed by atoms with van der Waals surface area (Å²) >= 11 is 0. The van der Waals surface area contributed by atoms with Crippen LogP contribution in [0.2, 0.25) is 0 Å². The largest absolute Gasteiger partial charge is 0.478 e. The van der Waals surface area contributed by atoms with Gasteiger partial charge in [0, 0.05) is 22.9 Å². The minimum atomic E-state index is -1.70. The second-order valence-corrected chi connectivity index (χ2v) is 4.54. The van der Waals surface area contributed by atoms with E-state index in [1.54, 1.807) is 18.2 Å². The minimum Gasteiger partial charge on any atom is -0.478 e. The summed E-state index contributed by atoms with van der Waals surface area (Å²) in [7, 11) is 0. The van der Waals surface area contributed by atoms with E-state index < -0.39 is 22.5 Å². The van der Waals surface area contributed by atoms with Crippen molar-refractivity contribution in [3.63, 3.8) is 0 Å². The summed E-state index contributed by atoms with van der Waals surface area (Å²) in [6.07, 6.45) is 5.19. The molecule has 0 amide bonds. The van der Waals surface area contributed by atoms with Crippen molar-refractivity contribution in [3.05, 3.63) is 64.0 Å². The number of carbonyl (C=O) groups is 1. The fraction of sp³-hybridized carbons (Fsp3) is 0.231.